The molecule has 1 aliphatic rings. The van der Waals surface area contributed by atoms with Gasteiger partial charge in [-0.3, -0.25) is 0 Å². The minimum Gasteiger partial charge on any atom is -0.355 e. The summed E-state index contributed by atoms with van der Waals surface area (Å²) in [6.07, 6.45) is 4.20. The van der Waals surface area contributed by atoms with Crippen LogP contribution in [0.5, 0.6) is 0 Å². The van der Waals surface area contributed by atoms with Crippen molar-refractivity contribution in [3.05, 3.63) is 24.4 Å². The van der Waals surface area contributed by atoms with Crippen LogP contribution in [0, 0.1) is 0 Å². The van der Waals surface area contributed by atoms with Crippen LogP contribution in [0.3, 0.4) is 0 Å². The number of anilines is 1. The third-order valence-electron chi connectivity index (χ3n) is 3.27. The molecule has 6 heteroatoms. The zero-order chi connectivity index (χ0) is 13.7. The number of aromatic nitrogens is 1. The topological polar surface area (TPSA) is 62.3 Å². The molecule has 0 radical (unpaired) electrons. The van der Waals surface area contributed by atoms with Gasteiger partial charge in [0.15, 0.2) is 0 Å². The Labute approximate surface area is 115 Å². The zero-order valence-corrected chi connectivity index (χ0v) is 12.1. The maximum atomic E-state index is 11.8. The van der Waals surface area contributed by atoms with Crippen LogP contribution in [-0.2, 0) is 10.0 Å². The Balaban J connectivity index is 1.89. The first kappa shape index (κ1) is 14.3. The van der Waals surface area contributed by atoms with Gasteiger partial charge in [-0.1, -0.05) is 19.4 Å². The molecule has 1 aromatic rings. The molecule has 0 aliphatic carbocycles. The summed E-state index contributed by atoms with van der Waals surface area (Å²) in [6.45, 7) is 3.54. The number of nitrogens with zero attached hydrogens (tertiary/aromatic N) is 2. The van der Waals surface area contributed by atoms with Crippen LogP contribution in [-0.4, -0.2) is 38.3 Å². The second-order valence-electron chi connectivity index (χ2n) is 4.91. The van der Waals surface area contributed by atoms with Crippen LogP contribution in [0.15, 0.2) is 24.4 Å². The van der Waals surface area contributed by atoms with E-state index in [-0.39, 0.29) is 11.8 Å². The smallest absolute Gasteiger partial charge is 0.211 e. The Morgan fingerprint density at radius 3 is 3.00 bits per heavy atom. The molecule has 0 amide bonds. The summed E-state index contributed by atoms with van der Waals surface area (Å²) in [5.74, 6) is 1.14. The highest BCUT2D eigenvalue weighted by Gasteiger charge is 2.26. The molecule has 1 aliphatic heterocycles. The molecule has 5 nitrogen and oxygen atoms in total. The predicted molar refractivity (Wildman–Crippen MR) is 76.7 cm³/mol. The number of hydrogen-bond donors (Lipinski definition) is 1. The summed E-state index contributed by atoms with van der Waals surface area (Å²) in [5, 5.41) is 0. The lowest BCUT2D eigenvalue weighted by Crippen LogP contribution is -2.38. The maximum Gasteiger partial charge on any atom is 0.211 e. The van der Waals surface area contributed by atoms with Crippen molar-refractivity contribution in [1.82, 2.24) is 9.71 Å². The van der Waals surface area contributed by atoms with Crippen molar-refractivity contribution in [2.75, 3.05) is 23.7 Å². The van der Waals surface area contributed by atoms with E-state index in [1.807, 2.05) is 25.1 Å². The van der Waals surface area contributed by atoms with Crippen molar-refractivity contribution in [3.8, 4) is 0 Å². The summed E-state index contributed by atoms with van der Waals surface area (Å²) in [7, 11) is -3.13. The molecule has 0 spiro atoms. The summed E-state index contributed by atoms with van der Waals surface area (Å²) in [5.41, 5.74) is 0. The fourth-order valence-electron chi connectivity index (χ4n) is 2.25. The monoisotopic (exact) mass is 283 g/mol. The van der Waals surface area contributed by atoms with E-state index in [2.05, 4.69) is 14.6 Å². The zero-order valence-electron chi connectivity index (χ0n) is 11.2. The van der Waals surface area contributed by atoms with Gasteiger partial charge < -0.3 is 4.90 Å². The molecule has 19 heavy (non-hydrogen) atoms. The van der Waals surface area contributed by atoms with Gasteiger partial charge in [0.05, 0.1) is 5.75 Å². The summed E-state index contributed by atoms with van der Waals surface area (Å²) < 4.78 is 26.5. The van der Waals surface area contributed by atoms with Crippen molar-refractivity contribution in [2.24, 2.45) is 0 Å². The maximum absolute atomic E-state index is 11.8. The van der Waals surface area contributed by atoms with Crippen LogP contribution in [0.25, 0.3) is 0 Å². The van der Waals surface area contributed by atoms with E-state index in [9.17, 15) is 8.42 Å². The largest absolute Gasteiger partial charge is 0.355 e. The van der Waals surface area contributed by atoms with Crippen LogP contribution < -0.4 is 9.62 Å². The highest BCUT2D eigenvalue weighted by atomic mass is 32.2. The summed E-state index contributed by atoms with van der Waals surface area (Å²) >= 11 is 0. The van der Waals surface area contributed by atoms with E-state index < -0.39 is 10.0 Å². The van der Waals surface area contributed by atoms with Crippen LogP contribution in [0.1, 0.15) is 26.2 Å². The summed E-state index contributed by atoms with van der Waals surface area (Å²) in [6, 6.07) is 5.78. The first-order chi connectivity index (χ1) is 9.11. The quantitative estimate of drug-likeness (QED) is 0.857. The minimum absolute atomic E-state index is 0.00358. The van der Waals surface area contributed by atoms with E-state index in [1.54, 1.807) is 6.20 Å². The fourth-order valence-corrected chi connectivity index (χ4v) is 3.74. The van der Waals surface area contributed by atoms with Gasteiger partial charge in [0.2, 0.25) is 10.0 Å². The first-order valence-corrected chi connectivity index (χ1v) is 8.42. The molecule has 0 saturated carbocycles. The molecule has 1 atom stereocenters. The molecule has 1 aromatic heterocycles. The van der Waals surface area contributed by atoms with E-state index in [4.69, 9.17) is 0 Å². The van der Waals surface area contributed by atoms with Gasteiger partial charge in [0.1, 0.15) is 5.82 Å². The number of hydrogen-bond acceptors (Lipinski definition) is 4. The van der Waals surface area contributed by atoms with E-state index >= 15 is 0 Å². The van der Waals surface area contributed by atoms with Gasteiger partial charge in [0, 0.05) is 25.3 Å². The minimum atomic E-state index is -3.13. The number of unbranched alkanes of at least 4 members (excludes halogenated alkanes) is 1. The molecule has 2 rings (SSSR count). The molecular weight excluding hydrogens is 262 g/mol. The molecule has 2 heterocycles. The number of pyridine rings is 1. The average molecular weight is 283 g/mol. The normalized spacial score (nSPS) is 19.8. The molecule has 1 fully saturated rings. The number of nitrogens with one attached hydrogen (secondary N) is 1. The van der Waals surface area contributed by atoms with Gasteiger partial charge in [-0.15, -0.1) is 0 Å². The van der Waals surface area contributed by atoms with Gasteiger partial charge in [0.25, 0.3) is 0 Å². The molecular formula is C13H21N3O2S. The fraction of sp³-hybridized carbons (Fsp3) is 0.615. The lowest BCUT2D eigenvalue weighted by Gasteiger charge is -2.17. The number of rotatable bonds is 6. The van der Waals surface area contributed by atoms with Gasteiger partial charge >= 0.3 is 0 Å². The van der Waals surface area contributed by atoms with E-state index in [1.165, 1.54) is 0 Å². The van der Waals surface area contributed by atoms with E-state index in [0.717, 1.165) is 25.2 Å². The second-order valence-corrected chi connectivity index (χ2v) is 6.78. The lowest BCUT2D eigenvalue weighted by atomic mass is 10.3. The number of sulfonamides is 1. The Kier molecular flexibility index (Phi) is 4.76. The molecule has 1 unspecified atom stereocenters. The SMILES string of the molecule is CCCCS(=O)(=O)NC1CCN(c2ccccn2)C1. The molecule has 106 valence electrons. The predicted octanol–water partition coefficient (Wildman–Crippen LogP) is 1.38. The van der Waals surface area contributed by atoms with Crippen LogP contribution >= 0.6 is 0 Å². The molecule has 0 aromatic carbocycles. The third kappa shape index (κ3) is 4.18. The second kappa shape index (κ2) is 6.34. The van der Waals surface area contributed by atoms with Crippen molar-refractivity contribution in [2.45, 2.75) is 32.2 Å². The average Bonchev–Trinajstić information content (AvgIpc) is 2.85. The Morgan fingerprint density at radius 2 is 2.32 bits per heavy atom. The highest BCUT2D eigenvalue weighted by molar-refractivity contribution is 7.89. The summed E-state index contributed by atoms with van der Waals surface area (Å²) in [4.78, 5) is 6.41. The van der Waals surface area contributed by atoms with Gasteiger partial charge in [-0.2, -0.15) is 0 Å². The van der Waals surface area contributed by atoms with Crippen molar-refractivity contribution >= 4 is 15.8 Å². The van der Waals surface area contributed by atoms with Gasteiger partial charge in [-0.25, -0.2) is 18.1 Å². The van der Waals surface area contributed by atoms with Crippen LogP contribution in [0.2, 0.25) is 0 Å². The van der Waals surface area contributed by atoms with Crippen molar-refractivity contribution < 1.29 is 8.42 Å². The molecule has 1 saturated heterocycles. The standard InChI is InChI=1S/C13H21N3O2S/c1-2-3-10-19(17,18)15-12-7-9-16(11-12)13-6-4-5-8-14-13/h4-6,8,12,15H,2-3,7,9-11H2,1H3. The Morgan fingerprint density at radius 1 is 1.47 bits per heavy atom. The van der Waals surface area contributed by atoms with Crippen LogP contribution in [0.4, 0.5) is 5.82 Å². The molecule has 0 bridgehead atoms. The van der Waals surface area contributed by atoms with Gasteiger partial charge in [-0.05, 0) is 25.0 Å². The Bertz CT molecular complexity index is 490. The highest BCUT2D eigenvalue weighted by Crippen LogP contribution is 2.17. The molecule has 1 N–H and O–H groups in total. The third-order valence-corrected chi connectivity index (χ3v) is 4.79. The van der Waals surface area contributed by atoms with E-state index in [0.29, 0.717) is 13.0 Å². The Hall–Kier alpha value is -1.14. The van der Waals surface area contributed by atoms with Crippen molar-refractivity contribution in [1.29, 1.82) is 0 Å². The first-order valence-electron chi connectivity index (χ1n) is 6.76. The lowest BCUT2D eigenvalue weighted by molar-refractivity contribution is 0.558. The van der Waals surface area contributed by atoms with Crippen molar-refractivity contribution in [3.63, 3.8) is 0 Å².